The minimum Gasteiger partial charge on any atom is -0.478 e. The molecule has 1 heterocycles. The van der Waals surface area contributed by atoms with Gasteiger partial charge in [0.2, 0.25) is 0 Å². The summed E-state index contributed by atoms with van der Waals surface area (Å²) in [5.74, 6) is -0.932. The van der Waals surface area contributed by atoms with Crippen molar-refractivity contribution < 1.29 is 9.90 Å². The second-order valence-electron chi connectivity index (χ2n) is 4.75. The lowest BCUT2D eigenvalue weighted by Crippen LogP contribution is -2.01. The van der Waals surface area contributed by atoms with Gasteiger partial charge in [0.05, 0.1) is 16.8 Å². The summed E-state index contributed by atoms with van der Waals surface area (Å²) in [6, 6.07) is 8.97. The monoisotopic (exact) mass is 278 g/mol. The zero-order valence-electron chi connectivity index (χ0n) is 11.8. The lowest BCUT2D eigenvalue weighted by molar-refractivity contribution is 0.0696. The molecule has 21 heavy (non-hydrogen) atoms. The molecule has 0 radical (unpaired) electrons. The number of pyridine rings is 1. The molecule has 0 aliphatic rings. The zero-order valence-corrected chi connectivity index (χ0v) is 11.8. The second-order valence-corrected chi connectivity index (χ2v) is 4.75. The number of aryl methyl sites for hydroxylation is 2. The van der Waals surface area contributed by atoms with Crippen LogP contribution < -0.4 is 0 Å². The molecule has 0 spiro atoms. The van der Waals surface area contributed by atoms with E-state index >= 15 is 0 Å². The summed E-state index contributed by atoms with van der Waals surface area (Å²) in [6.07, 6.45) is 5.13. The molecule has 1 aromatic carbocycles. The Bertz CT molecular complexity index is 754. The Morgan fingerprint density at radius 3 is 2.57 bits per heavy atom. The molecule has 0 aliphatic heterocycles. The summed E-state index contributed by atoms with van der Waals surface area (Å²) in [4.78, 5) is 15.3. The first kappa shape index (κ1) is 14.5. The van der Waals surface area contributed by atoms with Crippen molar-refractivity contribution in [3.63, 3.8) is 0 Å². The Morgan fingerprint density at radius 2 is 2.00 bits per heavy atom. The van der Waals surface area contributed by atoms with E-state index < -0.39 is 5.97 Å². The van der Waals surface area contributed by atoms with Gasteiger partial charge in [-0.15, -0.1) is 0 Å². The fraction of sp³-hybridized carbons (Fsp3) is 0.118. The Balaban J connectivity index is 2.34. The normalized spacial score (nSPS) is 10.5. The summed E-state index contributed by atoms with van der Waals surface area (Å²) in [7, 11) is 0. The number of carboxylic acids is 1. The van der Waals surface area contributed by atoms with Gasteiger partial charge in [-0.3, -0.25) is 4.98 Å². The molecule has 2 aromatic rings. The summed E-state index contributed by atoms with van der Waals surface area (Å²) in [6.45, 7) is 3.72. The third-order valence-electron chi connectivity index (χ3n) is 3.19. The summed E-state index contributed by atoms with van der Waals surface area (Å²) in [5, 5.41) is 17.9. The Hall–Kier alpha value is -2.93. The topological polar surface area (TPSA) is 74.0 Å². The molecule has 4 heteroatoms. The Kier molecular flexibility index (Phi) is 4.15. The molecule has 0 atom stereocenters. The van der Waals surface area contributed by atoms with E-state index in [0.717, 1.165) is 16.7 Å². The van der Waals surface area contributed by atoms with Crippen LogP contribution >= 0.6 is 0 Å². The van der Waals surface area contributed by atoms with Gasteiger partial charge >= 0.3 is 5.97 Å². The SMILES string of the molecule is Cc1cc(C)c(C(=O)O)cc1/C=C/c1ccc(C#N)cn1. The van der Waals surface area contributed by atoms with Crippen molar-refractivity contribution in [3.8, 4) is 6.07 Å². The Morgan fingerprint density at radius 1 is 1.24 bits per heavy atom. The smallest absolute Gasteiger partial charge is 0.335 e. The van der Waals surface area contributed by atoms with Gasteiger partial charge in [0, 0.05) is 6.20 Å². The molecule has 2 rings (SSSR count). The van der Waals surface area contributed by atoms with Crippen molar-refractivity contribution in [3.05, 3.63) is 64.0 Å². The van der Waals surface area contributed by atoms with E-state index in [0.29, 0.717) is 16.8 Å². The maximum Gasteiger partial charge on any atom is 0.335 e. The van der Waals surface area contributed by atoms with Crippen LogP contribution in [-0.4, -0.2) is 16.1 Å². The summed E-state index contributed by atoms with van der Waals surface area (Å²) < 4.78 is 0. The maximum atomic E-state index is 11.2. The average Bonchev–Trinajstić information content (AvgIpc) is 2.46. The van der Waals surface area contributed by atoms with Crippen LogP contribution in [-0.2, 0) is 0 Å². The molecule has 0 aliphatic carbocycles. The van der Waals surface area contributed by atoms with E-state index in [4.69, 9.17) is 10.4 Å². The van der Waals surface area contributed by atoms with Crippen molar-refractivity contribution >= 4 is 18.1 Å². The molecule has 0 bridgehead atoms. The van der Waals surface area contributed by atoms with E-state index in [1.165, 1.54) is 6.20 Å². The largest absolute Gasteiger partial charge is 0.478 e. The number of carbonyl (C=O) groups is 1. The van der Waals surface area contributed by atoms with Gasteiger partial charge in [0.1, 0.15) is 6.07 Å². The number of aromatic carboxylic acids is 1. The number of aromatic nitrogens is 1. The number of nitrogens with zero attached hydrogens (tertiary/aromatic N) is 2. The highest BCUT2D eigenvalue weighted by Gasteiger charge is 2.09. The lowest BCUT2D eigenvalue weighted by atomic mass is 9.99. The molecule has 4 nitrogen and oxygen atoms in total. The molecule has 0 unspecified atom stereocenters. The second kappa shape index (κ2) is 6.02. The zero-order chi connectivity index (χ0) is 15.4. The van der Waals surface area contributed by atoms with Crippen molar-refractivity contribution in [1.29, 1.82) is 5.26 Å². The number of nitriles is 1. The van der Waals surface area contributed by atoms with Crippen LogP contribution in [0.15, 0.2) is 30.5 Å². The van der Waals surface area contributed by atoms with E-state index in [1.54, 1.807) is 31.2 Å². The molecular formula is C17H14N2O2. The van der Waals surface area contributed by atoms with Gasteiger partial charge in [-0.2, -0.15) is 5.26 Å². The van der Waals surface area contributed by atoms with Crippen LogP contribution in [0.1, 0.15) is 38.3 Å². The maximum absolute atomic E-state index is 11.2. The van der Waals surface area contributed by atoms with Crippen LogP contribution in [0.25, 0.3) is 12.2 Å². The highest BCUT2D eigenvalue weighted by molar-refractivity contribution is 5.90. The number of carboxylic acid groups (broad SMARTS) is 1. The average molecular weight is 278 g/mol. The van der Waals surface area contributed by atoms with Gasteiger partial charge in [-0.25, -0.2) is 4.79 Å². The lowest BCUT2D eigenvalue weighted by Gasteiger charge is -2.06. The highest BCUT2D eigenvalue weighted by Crippen LogP contribution is 2.18. The standard InChI is InChI=1S/C17H14N2O2/c1-11-7-12(2)16(17(20)21)8-14(11)4-6-15-5-3-13(9-18)10-19-15/h3-8,10H,1-2H3,(H,20,21)/b6-4+. The Labute approximate surface area is 123 Å². The molecule has 0 fully saturated rings. The predicted octanol–water partition coefficient (Wildman–Crippen LogP) is 3.44. The van der Waals surface area contributed by atoms with E-state index in [1.807, 2.05) is 25.1 Å². The number of hydrogen-bond acceptors (Lipinski definition) is 3. The van der Waals surface area contributed by atoms with Crippen LogP contribution in [0, 0.1) is 25.2 Å². The van der Waals surface area contributed by atoms with Crippen LogP contribution in [0.2, 0.25) is 0 Å². The number of benzene rings is 1. The fourth-order valence-electron chi connectivity index (χ4n) is 2.02. The van der Waals surface area contributed by atoms with Gasteiger partial charge in [-0.05, 0) is 54.8 Å². The third kappa shape index (κ3) is 3.34. The van der Waals surface area contributed by atoms with Gasteiger partial charge in [-0.1, -0.05) is 12.1 Å². The quantitative estimate of drug-likeness (QED) is 0.933. The van der Waals surface area contributed by atoms with Crippen LogP contribution in [0.4, 0.5) is 0 Å². The first-order chi connectivity index (χ1) is 10.0. The molecule has 0 saturated heterocycles. The molecule has 0 saturated carbocycles. The van der Waals surface area contributed by atoms with Gasteiger partial charge in [0.15, 0.2) is 0 Å². The first-order valence-electron chi connectivity index (χ1n) is 6.40. The van der Waals surface area contributed by atoms with Crippen molar-refractivity contribution in [1.82, 2.24) is 4.98 Å². The molecule has 1 N–H and O–H groups in total. The van der Waals surface area contributed by atoms with Crippen LogP contribution in [0.3, 0.4) is 0 Å². The van der Waals surface area contributed by atoms with Crippen molar-refractivity contribution in [2.75, 3.05) is 0 Å². The van der Waals surface area contributed by atoms with Gasteiger partial charge in [0.25, 0.3) is 0 Å². The summed E-state index contributed by atoms with van der Waals surface area (Å²) >= 11 is 0. The van der Waals surface area contributed by atoms with Crippen LogP contribution in [0.5, 0.6) is 0 Å². The number of hydrogen-bond donors (Lipinski definition) is 1. The number of rotatable bonds is 3. The molecule has 104 valence electrons. The van der Waals surface area contributed by atoms with E-state index in [2.05, 4.69) is 4.98 Å². The van der Waals surface area contributed by atoms with E-state index in [9.17, 15) is 4.79 Å². The third-order valence-corrected chi connectivity index (χ3v) is 3.19. The van der Waals surface area contributed by atoms with E-state index in [-0.39, 0.29) is 0 Å². The summed E-state index contributed by atoms with van der Waals surface area (Å²) in [5.41, 5.74) is 4.10. The molecule has 0 amide bonds. The molecular weight excluding hydrogens is 264 g/mol. The van der Waals surface area contributed by atoms with Gasteiger partial charge < -0.3 is 5.11 Å². The fourth-order valence-corrected chi connectivity index (χ4v) is 2.02. The minimum absolute atomic E-state index is 0.299. The highest BCUT2D eigenvalue weighted by atomic mass is 16.4. The van der Waals surface area contributed by atoms with Crippen molar-refractivity contribution in [2.24, 2.45) is 0 Å². The first-order valence-corrected chi connectivity index (χ1v) is 6.40. The van der Waals surface area contributed by atoms with Crippen molar-refractivity contribution in [2.45, 2.75) is 13.8 Å². The minimum atomic E-state index is -0.932. The predicted molar refractivity (Wildman–Crippen MR) is 80.8 cm³/mol. The molecule has 1 aromatic heterocycles.